The predicted octanol–water partition coefficient (Wildman–Crippen LogP) is 3.81. The molecule has 2 aromatic rings. The van der Waals surface area contributed by atoms with Gasteiger partial charge in [-0.05, 0) is 30.2 Å². The summed E-state index contributed by atoms with van der Waals surface area (Å²) in [6.45, 7) is 0.761. The summed E-state index contributed by atoms with van der Waals surface area (Å²) < 4.78 is 58.1. The molecule has 1 aromatic carbocycles. The van der Waals surface area contributed by atoms with E-state index in [9.17, 15) is 22.4 Å². The average Bonchev–Trinajstić information content (AvgIpc) is 2.72. The third kappa shape index (κ3) is 4.71. The quantitative estimate of drug-likeness (QED) is 0.572. The maximum atomic E-state index is 13.4. The summed E-state index contributed by atoms with van der Waals surface area (Å²) in [4.78, 5) is 20.4. The van der Waals surface area contributed by atoms with Crippen molar-refractivity contribution in [2.75, 3.05) is 6.67 Å². The first-order valence-electron chi connectivity index (χ1n) is 8.96. The van der Waals surface area contributed by atoms with Gasteiger partial charge in [0, 0.05) is 12.6 Å². The molecule has 10 heteroatoms. The molecule has 0 unspecified atom stereocenters. The van der Waals surface area contributed by atoms with E-state index in [2.05, 4.69) is 9.98 Å². The Kier molecular flexibility index (Phi) is 5.79. The highest BCUT2D eigenvalue weighted by Crippen LogP contribution is 2.34. The summed E-state index contributed by atoms with van der Waals surface area (Å²) in [5.41, 5.74) is 3.15. The Morgan fingerprint density at radius 1 is 1.32 bits per heavy atom. The first-order chi connectivity index (χ1) is 14.6. The van der Waals surface area contributed by atoms with Gasteiger partial charge in [0.05, 0.1) is 11.1 Å². The number of alkyl halides is 4. The van der Waals surface area contributed by atoms with Crippen LogP contribution in [0.3, 0.4) is 0 Å². The van der Waals surface area contributed by atoms with Crippen molar-refractivity contribution in [1.82, 2.24) is 4.98 Å². The van der Waals surface area contributed by atoms with Crippen LogP contribution in [0, 0.1) is 11.3 Å². The molecule has 0 aliphatic carbocycles. The molecule has 1 aliphatic rings. The molecule has 0 saturated carbocycles. The molecule has 0 bridgehead atoms. The molecule has 160 valence electrons. The SMILES string of the molecule is C[C@@]1(c2cccc(CC(=O)c3ncc(C#N)cc3C(F)(F)F)c2)C=C(CF)OC(N)=N1. The van der Waals surface area contributed by atoms with E-state index in [1.165, 1.54) is 6.08 Å². The number of benzene rings is 1. The van der Waals surface area contributed by atoms with Gasteiger partial charge in [0.2, 0.25) is 0 Å². The zero-order valence-electron chi connectivity index (χ0n) is 16.2. The van der Waals surface area contributed by atoms with E-state index in [0.717, 1.165) is 6.20 Å². The van der Waals surface area contributed by atoms with Gasteiger partial charge in [-0.3, -0.25) is 9.78 Å². The fourth-order valence-electron chi connectivity index (χ4n) is 3.20. The third-order valence-corrected chi connectivity index (χ3v) is 4.61. The van der Waals surface area contributed by atoms with E-state index < -0.39 is 35.4 Å². The highest BCUT2D eigenvalue weighted by Gasteiger charge is 2.36. The highest BCUT2D eigenvalue weighted by molar-refractivity contribution is 5.97. The summed E-state index contributed by atoms with van der Waals surface area (Å²) >= 11 is 0. The second kappa shape index (κ2) is 8.18. The number of aromatic nitrogens is 1. The van der Waals surface area contributed by atoms with Crippen LogP contribution >= 0.6 is 0 Å². The Labute approximate surface area is 174 Å². The smallest absolute Gasteiger partial charge is 0.418 e. The van der Waals surface area contributed by atoms with E-state index in [1.54, 1.807) is 37.3 Å². The minimum atomic E-state index is -4.85. The lowest BCUT2D eigenvalue weighted by Crippen LogP contribution is -2.30. The Morgan fingerprint density at radius 3 is 2.71 bits per heavy atom. The van der Waals surface area contributed by atoms with Crippen molar-refractivity contribution in [2.24, 2.45) is 10.7 Å². The molecule has 1 atom stereocenters. The lowest BCUT2D eigenvalue weighted by Gasteiger charge is -2.27. The van der Waals surface area contributed by atoms with Crippen LogP contribution in [-0.4, -0.2) is 23.5 Å². The second-order valence-electron chi connectivity index (χ2n) is 6.97. The third-order valence-electron chi connectivity index (χ3n) is 4.61. The van der Waals surface area contributed by atoms with Gasteiger partial charge in [-0.15, -0.1) is 0 Å². The fraction of sp³-hybridized carbons (Fsp3) is 0.238. The first-order valence-corrected chi connectivity index (χ1v) is 8.96. The van der Waals surface area contributed by atoms with E-state index >= 15 is 0 Å². The second-order valence-corrected chi connectivity index (χ2v) is 6.97. The zero-order valence-corrected chi connectivity index (χ0v) is 16.2. The van der Waals surface area contributed by atoms with E-state index in [1.807, 2.05) is 0 Å². The average molecular weight is 432 g/mol. The van der Waals surface area contributed by atoms with Gasteiger partial charge in [-0.25, -0.2) is 9.38 Å². The molecule has 2 heterocycles. The highest BCUT2D eigenvalue weighted by atomic mass is 19.4. The number of nitrogens with two attached hydrogens (primary N) is 1. The molecule has 31 heavy (non-hydrogen) atoms. The molecule has 0 saturated heterocycles. The number of hydrogen-bond acceptors (Lipinski definition) is 6. The van der Waals surface area contributed by atoms with E-state index in [-0.39, 0.29) is 23.8 Å². The fourth-order valence-corrected chi connectivity index (χ4v) is 3.20. The van der Waals surface area contributed by atoms with Gasteiger partial charge in [-0.1, -0.05) is 24.3 Å². The lowest BCUT2D eigenvalue weighted by molar-refractivity contribution is -0.138. The molecule has 6 nitrogen and oxygen atoms in total. The van der Waals surface area contributed by atoms with Crippen molar-refractivity contribution >= 4 is 11.8 Å². The van der Waals surface area contributed by atoms with Crippen LogP contribution in [0.4, 0.5) is 17.6 Å². The summed E-state index contributed by atoms with van der Waals surface area (Å²) in [5, 5.41) is 8.83. The number of halogens is 4. The lowest BCUT2D eigenvalue weighted by atomic mass is 9.89. The van der Waals surface area contributed by atoms with Crippen molar-refractivity contribution < 1.29 is 27.1 Å². The summed E-state index contributed by atoms with van der Waals surface area (Å²) in [5.74, 6) is -0.887. The minimum Gasteiger partial charge on any atom is -0.428 e. The zero-order chi connectivity index (χ0) is 22.8. The molecular weight excluding hydrogens is 416 g/mol. The van der Waals surface area contributed by atoms with Gasteiger partial charge in [-0.2, -0.15) is 18.4 Å². The maximum absolute atomic E-state index is 13.4. The van der Waals surface area contributed by atoms with E-state index in [4.69, 9.17) is 15.7 Å². The molecule has 0 spiro atoms. The molecule has 0 amide bonds. The van der Waals surface area contributed by atoms with Crippen LogP contribution in [0.1, 0.15) is 39.7 Å². The Morgan fingerprint density at radius 2 is 2.06 bits per heavy atom. The summed E-state index contributed by atoms with van der Waals surface area (Å²) in [6, 6.07) is 8.36. The Hall–Kier alpha value is -3.74. The van der Waals surface area contributed by atoms with Crippen molar-refractivity contribution in [1.29, 1.82) is 5.26 Å². The van der Waals surface area contributed by atoms with Gasteiger partial charge in [0.1, 0.15) is 29.7 Å². The number of ketones is 1. The van der Waals surface area contributed by atoms with Crippen molar-refractivity contribution in [3.63, 3.8) is 0 Å². The number of nitriles is 1. The van der Waals surface area contributed by atoms with Gasteiger partial charge in [0.15, 0.2) is 5.78 Å². The van der Waals surface area contributed by atoms with Crippen molar-refractivity contribution in [3.05, 3.63) is 76.3 Å². The van der Waals surface area contributed by atoms with Crippen molar-refractivity contribution in [2.45, 2.75) is 25.1 Å². The number of rotatable bonds is 5. The largest absolute Gasteiger partial charge is 0.428 e. The van der Waals surface area contributed by atoms with Crippen LogP contribution in [-0.2, 0) is 22.9 Å². The molecular formula is C21H16F4N4O2. The van der Waals surface area contributed by atoms with Gasteiger partial charge >= 0.3 is 6.18 Å². The number of ether oxygens (including phenoxy) is 1. The predicted molar refractivity (Wildman–Crippen MR) is 103 cm³/mol. The number of aliphatic imine (C=N–C) groups is 1. The molecule has 2 N–H and O–H groups in total. The molecule has 0 radical (unpaired) electrons. The van der Waals surface area contributed by atoms with Gasteiger partial charge in [0.25, 0.3) is 6.02 Å². The number of carbonyl (C=O) groups excluding carboxylic acids is 1. The first kappa shape index (κ1) is 22.0. The molecule has 0 fully saturated rings. The number of amidine groups is 1. The number of Topliss-reactive ketones (excluding diaryl/α,β-unsaturated/α-hetero) is 1. The van der Waals surface area contributed by atoms with Crippen LogP contribution in [0.5, 0.6) is 0 Å². The number of nitrogens with zero attached hydrogens (tertiary/aromatic N) is 3. The summed E-state index contributed by atoms with van der Waals surface area (Å²) in [6.07, 6.45) is -2.86. The molecule has 1 aliphatic heterocycles. The standard InChI is InChI=1S/C21H16F4N4O2/c1-20(8-15(9-22)31-19(27)29-20)14-4-2-3-12(5-14)7-17(30)18-16(21(23,24)25)6-13(10-26)11-28-18/h2-6,8,11H,7,9H2,1H3,(H2,27,29)/t20-/m0/s1. The number of pyridine rings is 1. The monoisotopic (exact) mass is 432 g/mol. The van der Waals surface area contributed by atoms with Gasteiger partial charge < -0.3 is 10.5 Å². The molecule has 1 aromatic heterocycles. The topological polar surface area (TPSA) is 101 Å². The van der Waals surface area contributed by atoms with Crippen LogP contribution in [0.2, 0.25) is 0 Å². The maximum Gasteiger partial charge on any atom is 0.418 e. The van der Waals surface area contributed by atoms with Crippen LogP contribution in [0.25, 0.3) is 0 Å². The summed E-state index contributed by atoms with van der Waals surface area (Å²) in [7, 11) is 0. The minimum absolute atomic E-state index is 0.0203. The number of hydrogen-bond donors (Lipinski definition) is 1. The number of carbonyl (C=O) groups is 1. The molecule has 3 rings (SSSR count). The Bertz CT molecular complexity index is 1130. The van der Waals surface area contributed by atoms with E-state index in [0.29, 0.717) is 17.2 Å². The normalized spacial score (nSPS) is 18.5. The van der Waals surface area contributed by atoms with Crippen molar-refractivity contribution in [3.8, 4) is 6.07 Å². The number of allylic oxidation sites excluding steroid dienone is 1. The van der Waals surface area contributed by atoms with Crippen LogP contribution < -0.4 is 5.73 Å². The van der Waals surface area contributed by atoms with Crippen LogP contribution in [0.15, 0.2) is 53.4 Å². The Balaban J connectivity index is 1.94.